The van der Waals surface area contributed by atoms with Crippen molar-refractivity contribution in [2.24, 2.45) is 0 Å². The van der Waals surface area contributed by atoms with Crippen LogP contribution in [0.3, 0.4) is 0 Å². The van der Waals surface area contributed by atoms with E-state index in [4.69, 9.17) is 24.1 Å². The Hall–Kier alpha value is -4.33. The average molecular weight is 463 g/mol. The van der Waals surface area contributed by atoms with Gasteiger partial charge in [0, 0.05) is 30.4 Å². The molecule has 0 bridgehead atoms. The number of carbonyl (C=O) groups is 1. The van der Waals surface area contributed by atoms with Crippen molar-refractivity contribution < 1.29 is 28.8 Å². The van der Waals surface area contributed by atoms with Gasteiger partial charge in [0.25, 0.3) is 0 Å². The summed E-state index contributed by atoms with van der Waals surface area (Å²) >= 11 is 0. The summed E-state index contributed by atoms with van der Waals surface area (Å²) in [6, 6.07) is 14.9. The molecule has 8 heteroatoms. The van der Waals surface area contributed by atoms with Gasteiger partial charge in [-0.15, -0.1) is 0 Å². The second kappa shape index (κ2) is 11.5. The largest absolute Gasteiger partial charge is 0.493 e. The highest BCUT2D eigenvalue weighted by Crippen LogP contribution is 2.34. The molecule has 0 unspecified atom stereocenters. The summed E-state index contributed by atoms with van der Waals surface area (Å²) in [5, 5.41) is 10.4. The number of rotatable bonds is 7. The molecule has 4 rings (SSSR count). The first-order valence-electron chi connectivity index (χ1n) is 10.3. The molecule has 2 aromatic carbocycles. The first-order valence-corrected chi connectivity index (χ1v) is 10.3. The maximum absolute atomic E-state index is 10.2. The molecule has 2 heterocycles. The molecule has 2 aromatic heterocycles. The van der Waals surface area contributed by atoms with E-state index >= 15 is 0 Å². The second-order valence-corrected chi connectivity index (χ2v) is 7.10. The lowest BCUT2D eigenvalue weighted by molar-refractivity contribution is 0.0696. The number of carboxylic acids is 1. The number of nitrogens with zero attached hydrogens (tertiary/aromatic N) is 2. The lowest BCUT2D eigenvalue weighted by Crippen LogP contribution is -1.97. The van der Waals surface area contributed by atoms with Crippen molar-refractivity contribution in [1.29, 1.82) is 0 Å². The third kappa shape index (κ3) is 5.72. The normalized spacial score (nSPS) is 10.1. The van der Waals surface area contributed by atoms with Crippen LogP contribution in [0.4, 0.5) is 0 Å². The zero-order chi connectivity index (χ0) is 24.5. The molecule has 0 aliphatic rings. The van der Waals surface area contributed by atoms with Crippen LogP contribution in [-0.4, -0.2) is 49.5 Å². The van der Waals surface area contributed by atoms with Crippen molar-refractivity contribution >= 4 is 16.7 Å². The average Bonchev–Trinajstić information content (AvgIpc) is 2.88. The Morgan fingerprint density at radius 2 is 1.50 bits per heavy atom. The molecule has 0 saturated carbocycles. The predicted octanol–water partition coefficient (Wildman–Crippen LogP) is 4.64. The van der Waals surface area contributed by atoms with Gasteiger partial charge in [0.1, 0.15) is 0 Å². The SMILES string of the molecule is COc1ccc(Cc2nccc3cc(OC)c(OC)cc23)cc1OC.O=C(O)c1cccnc1. The van der Waals surface area contributed by atoms with Crippen molar-refractivity contribution in [1.82, 2.24) is 9.97 Å². The van der Waals surface area contributed by atoms with E-state index in [9.17, 15) is 4.79 Å². The van der Waals surface area contributed by atoms with Gasteiger partial charge >= 0.3 is 5.97 Å². The molecule has 0 aliphatic carbocycles. The van der Waals surface area contributed by atoms with Crippen LogP contribution in [0.1, 0.15) is 21.6 Å². The predicted molar refractivity (Wildman–Crippen MR) is 128 cm³/mol. The summed E-state index contributed by atoms with van der Waals surface area (Å²) in [4.78, 5) is 18.3. The van der Waals surface area contributed by atoms with Crippen LogP contribution in [0, 0.1) is 0 Å². The monoisotopic (exact) mass is 462 g/mol. The highest BCUT2D eigenvalue weighted by molar-refractivity contribution is 5.88. The molecular formula is C26H26N2O6. The molecule has 4 aromatic rings. The highest BCUT2D eigenvalue weighted by atomic mass is 16.5. The van der Waals surface area contributed by atoms with Gasteiger partial charge in [0.05, 0.1) is 39.7 Å². The minimum absolute atomic E-state index is 0.220. The molecule has 0 amide bonds. The summed E-state index contributed by atoms with van der Waals surface area (Å²) in [6.45, 7) is 0. The number of fused-ring (bicyclic) bond motifs is 1. The Morgan fingerprint density at radius 1 is 0.824 bits per heavy atom. The zero-order valence-corrected chi connectivity index (χ0v) is 19.4. The minimum Gasteiger partial charge on any atom is -0.493 e. The number of aromatic carboxylic acids is 1. The summed E-state index contributed by atoms with van der Waals surface area (Å²) in [5.41, 5.74) is 2.27. The molecule has 176 valence electrons. The van der Waals surface area contributed by atoms with E-state index in [0.29, 0.717) is 29.4 Å². The number of aromatic nitrogens is 2. The van der Waals surface area contributed by atoms with E-state index < -0.39 is 5.97 Å². The van der Waals surface area contributed by atoms with Crippen molar-refractivity contribution in [3.63, 3.8) is 0 Å². The Labute approximate surface area is 197 Å². The van der Waals surface area contributed by atoms with Crippen LogP contribution in [-0.2, 0) is 6.42 Å². The lowest BCUT2D eigenvalue weighted by Gasteiger charge is -2.12. The number of benzene rings is 2. The standard InChI is InChI=1S/C20H21NO4.C6H5NO2/c1-22-17-6-5-13(10-18(17)23-2)9-16-15-12-20(25-4)19(24-3)11-14(15)7-8-21-16;8-6(9)5-2-1-3-7-4-5/h5-8,10-12H,9H2,1-4H3;1-4H,(H,8,9). The first kappa shape index (κ1) is 24.3. The van der Waals surface area contributed by atoms with Crippen LogP contribution < -0.4 is 18.9 Å². The van der Waals surface area contributed by atoms with Crippen molar-refractivity contribution in [3.8, 4) is 23.0 Å². The van der Waals surface area contributed by atoms with E-state index in [1.54, 1.807) is 34.5 Å². The molecule has 0 saturated heterocycles. The van der Waals surface area contributed by atoms with Crippen LogP contribution in [0.2, 0.25) is 0 Å². The van der Waals surface area contributed by atoms with Gasteiger partial charge in [-0.1, -0.05) is 6.07 Å². The van der Waals surface area contributed by atoms with Gasteiger partial charge in [0.15, 0.2) is 23.0 Å². The number of hydrogen-bond acceptors (Lipinski definition) is 7. The smallest absolute Gasteiger partial charge is 0.337 e. The number of ether oxygens (including phenoxy) is 4. The quantitative estimate of drug-likeness (QED) is 0.424. The number of methoxy groups -OCH3 is 4. The lowest BCUT2D eigenvalue weighted by atomic mass is 10.0. The Bertz CT molecular complexity index is 1260. The fourth-order valence-corrected chi connectivity index (χ4v) is 3.37. The van der Waals surface area contributed by atoms with Crippen molar-refractivity contribution in [3.05, 3.63) is 83.9 Å². The molecule has 0 aliphatic heterocycles. The second-order valence-electron chi connectivity index (χ2n) is 7.10. The van der Waals surface area contributed by atoms with Crippen LogP contribution in [0.25, 0.3) is 10.8 Å². The molecule has 0 fully saturated rings. The maximum atomic E-state index is 10.2. The highest BCUT2D eigenvalue weighted by Gasteiger charge is 2.12. The van der Waals surface area contributed by atoms with Gasteiger partial charge in [-0.25, -0.2) is 4.79 Å². The molecule has 0 radical (unpaired) electrons. The van der Waals surface area contributed by atoms with Gasteiger partial charge < -0.3 is 24.1 Å². The molecule has 0 atom stereocenters. The van der Waals surface area contributed by atoms with Crippen LogP contribution >= 0.6 is 0 Å². The van der Waals surface area contributed by atoms with Crippen LogP contribution in [0.15, 0.2) is 67.1 Å². The summed E-state index contributed by atoms with van der Waals surface area (Å²) < 4.78 is 21.5. The number of pyridine rings is 2. The zero-order valence-electron chi connectivity index (χ0n) is 19.4. The van der Waals surface area contributed by atoms with Gasteiger partial charge in [-0.2, -0.15) is 0 Å². The first-order chi connectivity index (χ1) is 16.5. The van der Waals surface area contributed by atoms with E-state index in [0.717, 1.165) is 22.0 Å². The number of carboxylic acid groups (broad SMARTS) is 1. The molecule has 34 heavy (non-hydrogen) atoms. The minimum atomic E-state index is -0.942. The molecular weight excluding hydrogens is 436 g/mol. The third-order valence-electron chi connectivity index (χ3n) is 5.08. The van der Waals surface area contributed by atoms with Gasteiger partial charge in [-0.3, -0.25) is 9.97 Å². The summed E-state index contributed by atoms with van der Waals surface area (Å²) in [6.07, 6.45) is 5.33. The Kier molecular flexibility index (Phi) is 8.23. The third-order valence-corrected chi connectivity index (χ3v) is 5.08. The van der Waals surface area contributed by atoms with Crippen LogP contribution in [0.5, 0.6) is 23.0 Å². The van der Waals surface area contributed by atoms with E-state index in [2.05, 4.69) is 9.97 Å². The van der Waals surface area contributed by atoms with Crippen molar-refractivity contribution in [2.45, 2.75) is 6.42 Å². The van der Waals surface area contributed by atoms with Crippen molar-refractivity contribution in [2.75, 3.05) is 28.4 Å². The summed E-state index contributed by atoms with van der Waals surface area (Å²) in [7, 11) is 6.53. The van der Waals surface area contributed by atoms with E-state index in [1.807, 2.05) is 42.6 Å². The molecule has 0 spiro atoms. The summed E-state index contributed by atoms with van der Waals surface area (Å²) in [5.74, 6) is 1.88. The fourth-order valence-electron chi connectivity index (χ4n) is 3.37. The fraction of sp³-hybridized carbons (Fsp3) is 0.192. The van der Waals surface area contributed by atoms with Gasteiger partial charge in [-0.05, 0) is 53.4 Å². The molecule has 1 N–H and O–H groups in total. The molecule has 8 nitrogen and oxygen atoms in total. The Morgan fingerprint density at radius 3 is 2.09 bits per heavy atom. The van der Waals surface area contributed by atoms with E-state index in [1.165, 1.54) is 18.5 Å². The van der Waals surface area contributed by atoms with Gasteiger partial charge in [0.2, 0.25) is 0 Å². The number of hydrogen-bond donors (Lipinski definition) is 1. The topological polar surface area (TPSA) is 100 Å². The maximum Gasteiger partial charge on any atom is 0.337 e. The Balaban J connectivity index is 0.000000302. The van der Waals surface area contributed by atoms with E-state index in [-0.39, 0.29) is 5.56 Å².